The van der Waals surface area contributed by atoms with Crippen molar-refractivity contribution < 1.29 is 29.0 Å². The lowest BCUT2D eigenvalue weighted by Crippen LogP contribution is -2.23. The number of ether oxygens (including phenoxy) is 1. The van der Waals surface area contributed by atoms with Crippen LogP contribution in [-0.2, 0) is 9.53 Å². The van der Waals surface area contributed by atoms with E-state index in [-0.39, 0.29) is 33.1 Å². The van der Waals surface area contributed by atoms with Crippen LogP contribution in [0.3, 0.4) is 0 Å². The van der Waals surface area contributed by atoms with Gasteiger partial charge in [0.1, 0.15) is 10.7 Å². The van der Waals surface area contributed by atoms with Crippen molar-refractivity contribution in [1.29, 1.82) is 0 Å². The molecule has 0 aliphatic heterocycles. The van der Waals surface area contributed by atoms with Gasteiger partial charge in [-0.1, -0.05) is 41.9 Å². The molecule has 3 aromatic carbocycles. The van der Waals surface area contributed by atoms with Crippen LogP contribution in [0.15, 0.2) is 60.7 Å². The van der Waals surface area contributed by atoms with Crippen molar-refractivity contribution in [3.63, 3.8) is 0 Å². The molecule has 12 heteroatoms. The highest BCUT2D eigenvalue weighted by Crippen LogP contribution is 2.28. The number of hydrogen-bond donors (Lipinski definition) is 1. The van der Waals surface area contributed by atoms with Crippen molar-refractivity contribution in [2.75, 3.05) is 11.9 Å². The van der Waals surface area contributed by atoms with Crippen LogP contribution in [0, 0.1) is 27.2 Å². The molecule has 0 radical (unpaired) electrons. The van der Waals surface area contributed by atoms with Gasteiger partial charge in [-0.15, -0.1) is 0 Å². The number of nitro groups is 2. The number of rotatable bonds is 8. The molecule has 0 aliphatic rings. The van der Waals surface area contributed by atoms with Crippen LogP contribution in [0.4, 0.5) is 17.1 Å². The lowest BCUT2D eigenvalue weighted by molar-refractivity contribution is -0.384. The molecule has 178 valence electrons. The number of benzene rings is 3. The summed E-state index contributed by atoms with van der Waals surface area (Å²) in [5.41, 5.74) is -0.748. The van der Waals surface area contributed by atoms with Crippen molar-refractivity contribution in [2.45, 2.75) is 6.92 Å². The fourth-order valence-corrected chi connectivity index (χ4v) is 3.35. The Hall–Kier alpha value is -4.64. The summed E-state index contributed by atoms with van der Waals surface area (Å²) < 4.78 is 5.01. The number of nitrogens with zero attached hydrogens (tertiary/aromatic N) is 2. The smallest absolute Gasteiger partial charge is 0.339 e. The molecule has 3 aromatic rings. The molecule has 0 bridgehead atoms. The second-order valence-corrected chi connectivity index (χ2v) is 7.56. The lowest BCUT2D eigenvalue weighted by Gasteiger charge is -2.11. The number of amides is 1. The van der Waals surface area contributed by atoms with Crippen LogP contribution < -0.4 is 5.32 Å². The average Bonchev–Trinajstić information content (AvgIpc) is 2.83. The largest absolute Gasteiger partial charge is 0.452 e. The van der Waals surface area contributed by atoms with Crippen LogP contribution in [0.25, 0.3) is 0 Å². The number of carbonyl (C=O) groups is 3. The van der Waals surface area contributed by atoms with Crippen molar-refractivity contribution in [1.82, 2.24) is 0 Å². The van der Waals surface area contributed by atoms with E-state index in [2.05, 4.69) is 5.32 Å². The average molecular weight is 498 g/mol. The Kier molecular flexibility index (Phi) is 7.52. The molecule has 35 heavy (non-hydrogen) atoms. The quantitative estimate of drug-likeness (QED) is 0.206. The van der Waals surface area contributed by atoms with Gasteiger partial charge >= 0.3 is 5.97 Å². The molecule has 0 aromatic heterocycles. The summed E-state index contributed by atoms with van der Waals surface area (Å²) in [4.78, 5) is 58.8. The number of nitro benzene ring substituents is 2. The van der Waals surface area contributed by atoms with Gasteiger partial charge in [0.2, 0.25) is 0 Å². The van der Waals surface area contributed by atoms with Crippen molar-refractivity contribution in [3.05, 3.63) is 108 Å². The maximum absolute atomic E-state index is 13.0. The first-order chi connectivity index (χ1) is 16.6. The lowest BCUT2D eigenvalue weighted by atomic mass is 9.98. The van der Waals surface area contributed by atoms with Gasteiger partial charge in [0.15, 0.2) is 12.4 Å². The number of nitrogens with one attached hydrogen (secondary N) is 1. The normalized spacial score (nSPS) is 10.3. The first kappa shape index (κ1) is 25.0. The molecule has 1 N–H and O–H groups in total. The minimum absolute atomic E-state index is 0.0292. The molecule has 0 saturated heterocycles. The van der Waals surface area contributed by atoms with Crippen molar-refractivity contribution >= 4 is 46.3 Å². The summed E-state index contributed by atoms with van der Waals surface area (Å²) in [5, 5.41) is 24.5. The maximum Gasteiger partial charge on any atom is 0.339 e. The number of anilines is 1. The number of esters is 1. The summed E-state index contributed by atoms with van der Waals surface area (Å²) in [6, 6.07) is 13.3. The number of carbonyl (C=O) groups excluding carboxylic acids is 3. The highest BCUT2D eigenvalue weighted by molar-refractivity contribution is 6.33. The van der Waals surface area contributed by atoms with E-state index in [1.165, 1.54) is 48.5 Å². The molecule has 0 spiro atoms. The summed E-state index contributed by atoms with van der Waals surface area (Å²) in [7, 11) is 0. The molecule has 1 amide bonds. The number of para-hydroxylation sites is 1. The fraction of sp³-hybridized carbons (Fsp3) is 0.0870. The molecule has 0 fully saturated rings. The van der Waals surface area contributed by atoms with Gasteiger partial charge < -0.3 is 10.1 Å². The number of halogens is 1. The van der Waals surface area contributed by atoms with Crippen LogP contribution in [0.5, 0.6) is 0 Å². The summed E-state index contributed by atoms with van der Waals surface area (Å²) >= 11 is 5.79. The number of ketones is 1. The van der Waals surface area contributed by atoms with E-state index < -0.39 is 39.8 Å². The van der Waals surface area contributed by atoms with Crippen LogP contribution in [-0.4, -0.2) is 34.1 Å². The monoisotopic (exact) mass is 497 g/mol. The predicted octanol–water partition coefficient (Wildman–Crippen LogP) is 4.49. The minimum Gasteiger partial charge on any atom is -0.452 e. The molecular formula is C23H16ClN3O8. The fourth-order valence-electron chi connectivity index (χ4n) is 3.16. The Balaban J connectivity index is 1.77. The van der Waals surface area contributed by atoms with Crippen LogP contribution in [0.2, 0.25) is 5.02 Å². The first-order valence-corrected chi connectivity index (χ1v) is 10.3. The summed E-state index contributed by atoms with van der Waals surface area (Å²) in [5.74, 6) is -2.53. The van der Waals surface area contributed by atoms with Crippen LogP contribution in [0.1, 0.15) is 31.8 Å². The van der Waals surface area contributed by atoms with Gasteiger partial charge in [-0.2, -0.15) is 0 Å². The van der Waals surface area contributed by atoms with E-state index in [0.717, 1.165) is 6.07 Å². The highest BCUT2D eigenvalue weighted by atomic mass is 35.5. The summed E-state index contributed by atoms with van der Waals surface area (Å²) in [6.45, 7) is 0.789. The molecule has 0 unspecified atom stereocenters. The van der Waals surface area contributed by atoms with E-state index in [1.807, 2.05) is 0 Å². The zero-order valence-electron chi connectivity index (χ0n) is 18.0. The second-order valence-electron chi connectivity index (χ2n) is 7.15. The predicted molar refractivity (Wildman–Crippen MR) is 125 cm³/mol. The SMILES string of the molecule is Cc1cccc([N+](=O)[O-])c1NC(=O)COC(=O)c1ccccc1C(=O)c1ccc(Cl)c([N+](=O)[O-])c1. The van der Waals surface area contributed by atoms with Gasteiger partial charge in [-0.3, -0.25) is 29.8 Å². The van der Waals surface area contributed by atoms with Gasteiger partial charge in [-0.25, -0.2) is 4.79 Å². The third-order valence-corrected chi connectivity index (χ3v) is 5.16. The molecule has 0 saturated carbocycles. The maximum atomic E-state index is 13.0. The Morgan fingerprint density at radius 2 is 1.57 bits per heavy atom. The van der Waals surface area contributed by atoms with Gasteiger partial charge in [0.05, 0.1) is 15.4 Å². The Bertz CT molecular complexity index is 1370. The topological polar surface area (TPSA) is 159 Å². The Morgan fingerprint density at radius 3 is 2.23 bits per heavy atom. The van der Waals surface area contributed by atoms with Crippen molar-refractivity contribution in [3.8, 4) is 0 Å². The second kappa shape index (κ2) is 10.5. The number of aryl methyl sites for hydroxylation is 1. The third kappa shape index (κ3) is 5.65. The molecule has 0 atom stereocenters. The van der Waals surface area contributed by atoms with Crippen molar-refractivity contribution in [2.24, 2.45) is 0 Å². The van der Waals surface area contributed by atoms with Gasteiger partial charge in [-0.05, 0) is 30.7 Å². The zero-order valence-corrected chi connectivity index (χ0v) is 18.8. The molecule has 11 nitrogen and oxygen atoms in total. The molecule has 3 rings (SSSR count). The van der Waals surface area contributed by atoms with Gasteiger partial charge in [0, 0.05) is 23.3 Å². The van der Waals surface area contributed by atoms with E-state index in [1.54, 1.807) is 13.0 Å². The third-order valence-electron chi connectivity index (χ3n) is 4.84. The zero-order chi connectivity index (χ0) is 25.7. The summed E-state index contributed by atoms with van der Waals surface area (Å²) in [6.07, 6.45) is 0. The van der Waals surface area contributed by atoms with Gasteiger partial charge in [0.25, 0.3) is 17.3 Å². The van der Waals surface area contributed by atoms with E-state index in [9.17, 15) is 34.6 Å². The Labute approximate surface area is 202 Å². The number of hydrogen-bond acceptors (Lipinski definition) is 8. The Morgan fingerprint density at radius 1 is 0.914 bits per heavy atom. The highest BCUT2D eigenvalue weighted by Gasteiger charge is 2.23. The minimum atomic E-state index is -1.01. The molecular weight excluding hydrogens is 482 g/mol. The first-order valence-electron chi connectivity index (χ1n) is 9.88. The van der Waals surface area contributed by atoms with E-state index in [4.69, 9.17) is 16.3 Å². The van der Waals surface area contributed by atoms with Crippen LogP contribution >= 0.6 is 11.6 Å². The molecule has 0 heterocycles. The standard InChI is InChI=1S/C23H16ClN3O8/c1-13-5-4-8-18(26(31)32)21(13)25-20(28)12-35-23(30)16-7-3-2-6-15(16)22(29)14-9-10-17(24)19(11-14)27(33)34/h2-11H,12H2,1H3,(H,25,28). The van der Waals surface area contributed by atoms with E-state index >= 15 is 0 Å². The van der Waals surface area contributed by atoms with E-state index in [0.29, 0.717) is 5.56 Å². The molecule has 0 aliphatic carbocycles.